The molecule has 4 heterocycles. The molecule has 50 heavy (non-hydrogen) atoms. The number of hydrogen-bond donors (Lipinski definition) is 3. The lowest BCUT2D eigenvalue weighted by Crippen LogP contribution is -2.48. The number of esters is 1. The number of thioether (sulfide) groups is 2. The van der Waals surface area contributed by atoms with Crippen LogP contribution in [0.5, 0.6) is 5.75 Å². The molecule has 11 heteroatoms. The number of para-hydroxylation sites is 2. The summed E-state index contributed by atoms with van der Waals surface area (Å²) in [4.78, 5) is 27.5. The van der Waals surface area contributed by atoms with Crippen LogP contribution in [0, 0.1) is 28.6 Å². The zero-order valence-corrected chi connectivity index (χ0v) is 27.4. The summed E-state index contributed by atoms with van der Waals surface area (Å²) in [6, 6.07) is 30.2. The topological polar surface area (TPSA) is 144 Å². The van der Waals surface area contributed by atoms with E-state index in [0.717, 1.165) is 21.2 Å². The van der Waals surface area contributed by atoms with Crippen LogP contribution in [0.3, 0.4) is 0 Å². The third-order valence-electron chi connectivity index (χ3n) is 9.38. The van der Waals surface area contributed by atoms with Crippen molar-refractivity contribution in [2.24, 2.45) is 5.92 Å². The summed E-state index contributed by atoms with van der Waals surface area (Å²) in [6.07, 6.45) is 4.91. The minimum absolute atomic E-state index is 0.0287. The zero-order chi connectivity index (χ0) is 34.1. The second kappa shape index (κ2) is 11.2. The number of carboxylic acid groups (broad SMARTS) is 1. The van der Waals surface area contributed by atoms with Crippen molar-refractivity contribution in [3.8, 4) is 17.9 Å². The average Bonchev–Trinajstić information content (AvgIpc) is 3.83. The van der Waals surface area contributed by atoms with Crippen molar-refractivity contribution in [2.45, 2.75) is 21.5 Å². The number of carboxylic acids is 1. The Kier molecular flexibility index (Phi) is 6.71. The predicted octanol–water partition coefficient (Wildman–Crippen LogP) is 8.04. The van der Waals surface area contributed by atoms with Gasteiger partial charge in [-0.1, -0.05) is 78.1 Å². The van der Waals surface area contributed by atoms with Crippen molar-refractivity contribution in [3.63, 3.8) is 0 Å². The summed E-state index contributed by atoms with van der Waals surface area (Å²) < 4.78 is 13.1. The van der Waals surface area contributed by atoms with E-state index in [1.807, 2.05) is 78.9 Å². The van der Waals surface area contributed by atoms with E-state index in [9.17, 15) is 25.2 Å². The lowest BCUT2D eigenvalue weighted by Gasteiger charge is -2.45. The number of fused-ring (bicyclic) bond motifs is 8. The number of hydrogen-bond acceptors (Lipinski definition) is 10. The SMILES string of the molecule is N#C/C(C1=CC2Oc3cc(/C(C#N)=C4/Nc5ccccc5S4)ccc3C3(OC(=O)c4cc(C(=O)O)ccc43)C2C=C1)=C1\Nc2ccccc2S1. The quantitative estimate of drug-likeness (QED) is 0.142. The number of aromatic carboxylic acids is 1. The highest BCUT2D eigenvalue weighted by Gasteiger charge is 2.58. The van der Waals surface area contributed by atoms with Gasteiger partial charge in [-0.05, 0) is 59.7 Å². The molecule has 3 atom stereocenters. The van der Waals surface area contributed by atoms with E-state index in [-0.39, 0.29) is 11.1 Å². The molecule has 4 aliphatic heterocycles. The maximum absolute atomic E-state index is 13.6. The van der Waals surface area contributed by atoms with E-state index in [4.69, 9.17) is 9.47 Å². The van der Waals surface area contributed by atoms with Crippen molar-refractivity contribution < 1.29 is 24.2 Å². The minimum Gasteiger partial charge on any atom is -0.485 e. The summed E-state index contributed by atoms with van der Waals surface area (Å²) in [6.45, 7) is 0. The second-order valence-electron chi connectivity index (χ2n) is 12.1. The Balaban J connectivity index is 1.19. The van der Waals surface area contributed by atoms with Gasteiger partial charge in [0.1, 0.15) is 24.0 Å². The molecule has 240 valence electrons. The van der Waals surface area contributed by atoms with Crippen LogP contribution in [-0.2, 0) is 10.3 Å². The van der Waals surface area contributed by atoms with Crippen molar-refractivity contribution in [2.75, 3.05) is 10.6 Å². The van der Waals surface area contributed by atoms with Crippen LogP contribution in [0.25, 0.3) is 5.57 Å². The van der Waals surface area contributed by atoms with Crippen molar-refractivity contribution >= 4 is 52.4 Å². The van der Waals surface area contributed by atoms with Gasteiger partial charge in [-0.15, -0.1) is 0 Å². The molecule has 0 bridgehead atoms. The van der Waals surface area contributed by atoms with E-state index in [0.29, 0.717) is 49.2 Å². The lowest BCUT2D eigenvalue weighted by molar-refractivity contribution is -0.0417. The van der Waals surface area contributed by atoms with Gasteiger partial charge in [0.05, 0.1) is 49.6 Å². The van der Waals surface area contributed by atoms with Crippen LogP contribution in [0.4, 0.5) is 11.4 Å². The third kappa shape index (κ3) is 4.41. The maximum Gasteiger partial charge on any atom is 0.339 e. The Morgan fingerprint density at radius 2 is 1.46 bits per heavy atom. The average molecular weight is 691 g/mol. The van der Waals surface area contributed by atoms with Crippen LogP contribution >= 0.6 is 23.5 Å². The first-order chi connectivity index (χ1) is 24.4. The number of carbonyl (C=O) groups is 2. The van der Waals surface area contributed by atoms with Gasteiger partial charge in [0.2, 0.25) is 0 Å². The molecule has 0 aromatic heterocycles. The number of anilines is 2. The summed E-state index contributed by atoms with van der Waals surface area (Å²) >= 11 is 2.95. The van der Waals surface area contributed by atoms with Gasteiger partial charge in [-0.3, -0.25) is 0 Å². The van der Waals surface area contributed by atoms with Crippen LogP contribution < -0.4 is 15.4 Å². The van der Waals surface area contributed by atoms with Gasteiger partial charge in [0.25, 0.3) is 0 Å². The van der Waals surface area contributed by atoms with Crippen LogP contribution in [0.1, 0.15) is 37.4 Å². The van der Waals surface area contributed by atoms with Gasteiger partial charge >= 0.3 is 11.9 Å². The molecule has 9 rings (SSSR count). The molecule has 1 aliphatic carbocycles. The first-order valence-electron chi connectivity index (χ1n) is 15.6. The zero-order valence-electron chi connectivity index (χ0n) is 25.8. The highest BCUT2D eigenvalue weighted by Crippen LogP contribution is 2.57. The van der Waals surface area contributed by atoms with Crippen molar-refractivity contribution in [1.29, 1.82) is 10.5 Å². The van der Waals surface area contributed by atoms with E-state index in [1.165, 1.54) is 35.7 Å². The molecule has 3 N–H and O–H groups in total. The van der Waals surface area contributed by atoms with Crippen LogP contribution in [0.2, 0.25) is 0 Å². The van der Waals surface area contributed by atoms with E-state index < -0.39 is 29.6 Å². The number of rotatable bonds is 3. The second-order valence-corrected chi connectivity index (χ2v) is 14.2. The Morgan fingerprint density at radius 1 is 0.820 bits per heavy atom. The van der Waals surface area contributed by atoms with Crippen molar-refractivity contribution in [3.05, 3.63) is 152 Å². The monoisotopic (exact) mass is 690 g/mol. The summed E-state index contributed by atoms with van der Waals surface area (Å²) in [5.41, 5.74) is 3.79. The van der Waals surface area contributed by atoms with Gasteiger partial charge in [0.15, 0.2) is 5.60 Å². The molecule has 0 saturated carbocycles. The van der Waals surface area contributed by atoms with Crippen LogP contribution in [-0.4, -0.2) is 23.1 Å². The molecular weight excluding hydrogens is 669 g/mol. The Bertz CT molecular complexity index is 2400. The normalized spacial score (nSPS) is 23.6. The Hall–Kier alpha value is -6.14. The Labute approximate surface area is 294 Å². The smallest absolute Gasteiger partial charge is 0.339 e. The number of ether oxygens (including phenoxy) is 2. The fourth-order valence-electron chi connectivity index (χ4n) is 7.13. The van der Waals surface area contributed by atoms with E-state index in [1.54, 1.807) is 12.1 Å². The number of allylic oxidation sites excluding steroid dienone is 4. The summed E-state index contributed by atoms with van der Waals surface area (Å²) in [7, 11) is 0. The van der Waals surface area contributed by atoms with Gasteiger partial charge in [-0.25, -0.2) is 9.59 Å². The molecule has 0 saturated heterocycles. The highest BCUT2D eigenvalue weighted by molar-refractivity contribution is 8.04. The Morgan fingerprint density at radius 3 is 2.12 bits per heavy atom. The molecule has 4 aromatic carbocycles. The largest absolute Gasteiger partial charge is 0.485 e. The third-order valence-corrected chi connectivity index (χ3v) is 11.6. The number of nitrogens with zero attached hydrogens (tertiary/aromatic N) is 2. The molecule has 4 aromatic rings. The summed E-state index contributed by atoms with van der Waals surface area (Å²) in [5.74, 6) is -1.96. The molecule has 0 fully saturated rings. The molecular formula is C39H22N4O5S2. The fraction of sp³-hybridized carbons (Fsp3) is 0.0769. The van der Waals surface area contributed by atoms with E-state index in [2.05, 4.69) is 22.8 Å². The molecule has 1 spiro atoms. The lowest BCUT2D eigenvalue weighted by atomic mass is 9.69. The number of nitrogens with one attached hydrogen (secondary N) is 2. The number of nitriles is 2. The number of benzene rings is 4. The van der Waals surface area contributed by atoms with Crippen LogP contribution in [0.15, 0.2) is 134 Å². The molecule has 3 unspecified atom stereocenters. The standard InChI is InChI=1S/C39H22N4O5S2/c40-18-24(35-42-29-5-1-3-7-33(29)49-35)20-9-13-27-31(16-20)47-32-17-21(25(19-41)36-43-30-6-2-4-8-34(30)50-36)10-14-28(32)39(27)26-12-11-22(37(44)45)15-23(26)38(46)48-39/h1-17,27,31,42-43H,(H,44,45)/b35-24-,36-25-. The van der Waals surface area contributed by atoms with Gasteiger partial charge in [0, 0.05) is 20.9 Å². The molecule has 0 amide bonds. The van der Waals surface area contributed by atoms with E-state index >= 15 is 0 Å². The van der Waals surface area contributed by atoms with Gasteiger partial charge < -0.3 is 25.2 Å². The molecule has 0 radical (unpaired) electrons. The first-order valence-corrected chi connectivity index (χ1v) is 17.2. The minimum atomic E-state index is -1.37. The fourth-order valence-corrected chi connectivity index (χ4v) is 9.17. The maximum atomic E-state index is 13.6. The highest BCUT2D eigenvalue weighted by atomic mass is 32.2. The molecule has 9 nitrogen and oxygen atoms in total. The molecule has 5 aliphatic rings. The van der Waals surface area contributed by atoms with Crippen molar-refractivity contribution in [1.82, 2.24) is 0 Å². The number of carbonyl (C=O) groups excluding carboxylic acids is 1. The first kappa shape index (κ1) is 30.0. The summed E-state index contributed by atoms with van der Waals surface area (Å²) in [5, 5.41) is 38.5. The van der Waals surface area contributed by atoms with Gasteiger partial charge in [-0.2, -0.15) is 10.5 Å². The predicted molar refractivity (Wildman–Crippen MR) is 188 cm³/mol.